The number of carbonyl (C=O) groups is 1. The molecule has 1 N–H and O–H groups in total. The largest absolute Gasteiger partial charge is 0.357 e. The normalized spacial score (nSPS) is 17.4. The van der Waals surface area contributed by atoms with Gasteiger partial charge in [0.05, 0.1) is 17.6 Å². The van der Waals surface area contributed by atoms with Crippen LogP contribution < -0.4 is 10.2 Å². The molecule has 27 heavy (non-hydrogen) atoms. The van der Waals surface area contributed by atoms with Crippen molar-refractivity contribution in [2.45, 2.75) is 18.9 Å². The maximum Gasteiger partial charge on any atom is 0.249 e. The van der Waals surface area contributed by atoms with Gasteiger partial charge in [0.2, 0.25) is 5.91 Å². The van der Waals surface area contributed by atoms with E-state index < -0.39 is 0 Å². The first-order valence-electron chi connectivity index (χ1n) is 8.88. The van der Waals surface area contributed by atoms with Crippen LogP contribution in [0.15, 0.2) is 42.7 Å². The summed E-state index contributed by atoms with van der Waals surface area (Å²) in [5.74, 6) is 0.369. The zero-order valence-corrected chi connectivity index (χ0v) is 15.3. The van der Waals surface area contributed by atoms with Gasteiger partial charge in [0.25, 0.3) is 0 Å². The van der Waals surface area contributed by atoms with Gasteiger partial charge in [-0.2, -0.15) is 10.2 Å². The topological polar surface area (TPSA) is 68.0 Å². The fourth-order valence-electron chi connectivity index (χ4n) is 3.42. The Morgan fingerprint density at radius 2 is 2.00 bits per heavy atom. The van der Waals surface area contributed by atoms with E-state index in [4.69, 9.17) is 0 Å². The number of hydrogen-bond donors (Lipinski definition) is 1. The Labute approximate surface area is 156 Å². The second kappa shape index (κ2) is 6.86. The Hall–Kier alpha value is -3.16. The Balaban J connectivity index is 1.52. The van der Waals surface area contributed by atoms with E-state index in [0.717, 1.165) is 29.8 Å². The molecule has 1 atom stereocenters. The number of halogens is 1. The highest BCUT2D eigenvalue weighted by molar-refractivity contribution is 5.99. The number of nitrogens with zero attached hydrogens (tertiary/aromatic N) is 5. The maximum absolute atomic E-state index is 13.2. The van der Waals surface area contributed by atoms with Crippen LogP contribution in [0.25, 0.3) is 11.3 Å². The van der Waals surface area contributed by atoms with Gasteiger partial charge in [0.1, 0.15) is 17.7 Å². The Kier molecular flexibility index (Phi) is 4.39. The molecular formula is C19H21FN6O. The summed E-state index contributed by atoms with van der Waals surface area (Å²) in [5.41, 5.74) is 2.53. The molecule has 3 heterocycles. The third kappa shape index (κ3) is 3.42. The van der Waals surface area contributed by atoms with Gasteiger partial charge in [0.15, 0.2) is 0 Å². The fraction of sp³-hybridized carbons (Fsp3) is 0.316. The lowest BCUT2D eigenvalue weighted by atomic mass is 10.0. The van der Waals surface area contributed by atoms with Crippen molar-refractivity contribution < 1.29 is 9.18 Å². The quantitative estimate of drug-likeness (QED) is 0.769. The van der Waals surface area contributed by atoms with Crippen LogP contribution in [0.5, 0.6) is 0 Å². The highest BCUT2D eigenvalue weighted by Gasteiger charge is 2.30. The molecule has 0 aliphatic carbocycles. The van der Waals surface area contributed by atoms with Crippen LogP contribution in [-0.4, -0.2) is 38.1 Å². The zero-order valence-electron chi connectivity index (χ0n) is 15.3. The van der Waals surface area contributed by atoms with Crippen LogP contribution in [0.3, 0.4) is 0 Å². The minimum atomic E-state index is -0.338. The van der Waals surface area contributed by atoms with Crippen LogP contribution in [0.4, 0.5) is 15.9 Å². The van der Waals surface area contributed by atoms with Crippen molar-refractivity contribution >= 4 is 17.4 Å². The summed E-state index contributed by atoms with van der Waals surface area (Å²) in [5, 5.41) is 11.9. The van der Waals surface area contributed by atoms with Gasteiger partial charge >= 0.3 is 0 Å². The van der Waals surface area contributed by atoms with Gasteiger partial charge in [-0.25, -0.2) is 4.39 Å². The van der Waals surface area contributed by atoms with E-state index in [1.54, 1.807) is 32.6 Å². The van der Waals surface area contributed by atoms with Crippen molar-refractivity contribution in [3.63, 3.8) is 0 Å². The van der Waals surface area contributed by atoms with Gasteiger partial charge in [-0.1, -0.05) is 0 Å². The number of hydrogen-bond acceptors (Lipinski definition) is 4. The molecule has 1 aromatic carbocycles. The highest BCUT2D eigenvalue weighted by Crippen LogP contribution is 2.25. The number of nitrogens with one attached hydrogen (secondary N) is 1. The van der Waals surface area contributed by atoms with E-state index in [2.05, 4.69) is 15.5 Å². The third-order valence-electron chi connectivity index (χ3n) is 4.78. The van der Waals surface area contributed by atoms with E-state index in [9.17, 15) is 9.18 Å². The molecule has 1 amide bonds. The molecule has 1 fully saturated rings. The molecule has 0 spiro atoms. The summed E-state index contributed by atoms with van der Waals surface area (Å²) in [4.78, 5) is 14.7. The molecule has 1 unspecified atom stereocenters. The molecule has 0 radical (unpaired) electrons. The Bertz CT molecular complexity index is 961. The monoisotopic (exact) mass is 368 g/mol. The summed E-state index contributed by atoms with van der Waals surface area (Å²) < 4.78 is 16.6. The van der Waals surface area contributed by atoms with Crippen LogP contribution >= 0.6 is 0 Å². The Morgan fingerprint density at radius 1 is 1.22 bits per heavy atom. The first kappa shape index (κ1) is 17.3. The molecule has 1 aliphatic heterocycles. The summed E-state index contributed by atoms with van der Waals surface area (Å²) >= 11 is 0. The van der Waals surface area contributed by atoms with Crippen LogP contribution in [0.2, 0.25) is 0 Å². The SMILES string of the molecule is Cn1cc(N2CCCC(Nc3cc(-c4ccc(F)cc4)n(C)n3)C2=O)cn1. The van der Waals surface area contributed by atoms with E-state index in [0.29, 0.717) is 12.4 Å². The van der Waals surface area contributed by atoms with Crippen molar-refractivity contribution in [2.24, 2.45) is 14.1 Å². The number of anilines is 2. The lowest BCUT2D eigenvalue weighted by Gasteiger charge is -2.31. The van der Waals surface area contributed by atoms with Gasteiger partial charge in [-0.05, 0) is 37.1 Å². The van der Waals surface area contributed by atoms with E-state index in [-0.39, 0.29) is 17.8 Å². The summed E-state index contributed by atoms with van der Waals surface area (Å²) in [6.45, 7) is 0.686. The second-order valence-electron chi connectivity index (χ2n) is 6.75. The molecule has 8 heteroatoms. The molecule has 3 aromatic rings. The van der Waals surface area contributed by atoms with Crippen LogP contribution in [-0.2, 0) is 18.9 Å². The zero-order chi connectivity index (χ0) is 19.0. The minimum Gasteiger partial charge on any atom is -0.357 e. The van der Waals surface area contributed by atoms with Crippen molar-refractivity contribution in [1.82, 2.24) is 19.6 Å². The van der Waals surface area contributed by atoms with E-state index >= 15 is 0 Å². The number of piperidine rings is 1. The molecule has 0 saturated carbocycles. The smallest absolute Gasteiger partial charge is 0.249 e. The average molecular weight is 368 g/mol. The molecule has 0 bridgehead atoms. The third-order valence-corrected chi connectivity index (χ3v) is 4.78. The summed E-state index contributed by atoms with van der Waals surface area (Å²) in [7, 11) is 3.66. The molecular weight excluding hydrogens is 347 g/mol. The van der Waals surface area contributed by atoms with Gasteiger partial charge in [0, 0.05) is 38.5 Å². The number of amides is 1. The first-order valence-corrected chi connectivity index (χ1v) is 8.88. The van der Waals surface area contributed by atoms with E-state index in [1.807, 2.05) is 26.4 Å². The van der Waals surface area contributed by atoms with Crippen molar-refractivity contribution in [3.8, 4) is 11.3 Å². The molecule has 7 nitrogen and oxygen atoms in total. The number of rotatable bonds is 4. The molecule has 1 saturated heterocycles. The lowest BCUT2D eigenvalue weighted by Crippen LogP contribution is -2.47. The Morgan fingerprint density at radius 3 is 2.70 bits per heavy atom. The summed E-state index contributed by atoms with van der Waals surface area (Å²) in [6.07, 6.45) is 5.19. The average Bonchev–Trinajstić information content (AvgIpc) is 3.23. The second-order valence-corrected chi connectivity index (χ2v) is 6.75. The van der Waals surface area contributed by atoms with Crippen LogP contribution in [0.1, 0.15) is 12.8 Å². The first-order chi connectivity index (χ1) is 13.0. The predicted molar refractivity (Wildman–Crippen MR) is 101 cm³/mol. The maximum atomic E-state index is 13.2. The minimum absolute atomic E-state index is 0.0169. The standard InChI is InChI=1S/C19H21FN6O/c1-24-12-15(11-21-24)26-9-3-4-16(19(26)27)22-18-10-17(25(2)23-18)13-5-7-14(20)8-6-13/h5-8,10-12,16H,3-4,9H2,1-2H3,(H,22,23). The molecule has 4 rings (SSSR count). The fourth-order valence-corrected chi connectivity index (χ4v) is 3.42. The van der Waals surface area contributed by atoms with Gasteiger partial charge in [-0.3, -0.25) is 14.2 Å². The number of aromatic nitrogens is 4. The van der Waals surface area contributed by atoms with Crippen molar-refractivity contribution in [2.75, 3.05) is 16.8 Å². The van der Waals surface area contributed by atoms with Gasteiger partial charge in [-0.15, -0.1) is 0 Å². The molecule has 1 aliphatic rings. The lowest BCUT2D eigenvalue weighted by molar-refractivity contribution is -0.120. The molecule has 2 aromatic heterocycles. The van der Waals surface area contributed by atoms with Crippen molar-refractivity contribution in [1.29, 1.82) is 0 Å². The number of aryl methyl sites for hydroxylation is 2. The number of benzene rings is 1. The van der Waals surface area contributed by atoms with Crippen LogP contribution in [0, 0.1) is 5.82 Å². The number of carbonyl (C=O) groups excluding carboxylic acids is 1. The van der Waals surface area contributed by atoms with Crippen molar-refractivity contribution in [3.05, 3.63) is 48.5 Å². The molecule has 140 valence electrons. The van der Waals surface area contributed by atoms with Gasteiger partial charge < -0.3 is 10.2 Å². The van der Waals surface area contributed by atoms with E-state index in [1.165, 1.54) is 12.1 Å². The predicted octanol–water partition coefficient (Wildman–Crippen LogP) is 2.57. The highest BCUT2D eigenvalue weighted by atomic mass is 19.1. The summed E-state index contributed by atoms with van der Waals surface area (Å²) in [6, 6.07) is 7.81.